The lowest BCUT2D eigenvalue weighted by molar-refractivity contribution is -0.131. The topological polar surface area (TPSA) is 122 Å². The number of carboxylic acids is 1. The molecule has 31 heavy (non-hydrogen) atoms. The van der Waals surface area contributed by atoms with Crippen molar-refractivity contribution in [3.8, 4) is 0 Å². The number of aryl methyl sites for hydroxylation is 1. The molecule has 3 aromatic rings. The predicted octanol–water partition coefficient (Wildman–Crippen LogP) is 4.03. The number of nitrogens with one attached hydrogen (secondary N) is 2. The smallest absolute Gasteiger partial charge is 0.328 e. The van der Waals surface area contributed by atoms with Gasteiger partial charge in [0, 0.05) is 28.8 Å². The normalized spacial score (nSPS) is 11.8. The Hall–Kier alpha value is -3.85. The maximum Gasteiger partial charge on any atom is 0.328 e. The highest BCUT2D eigenvalue weighted by Crippen LogP contribution is 2.36. The quantitative estimate of drug-likeness (QED) is 0.359. The van der Waals surface area contributed by atoms with Gasteiger partial charge in [0.15, 0.2) is 5.82 Å². The van der Waals surface area contributed by atoms with Crippen LogP contribution in [0, 0.1) is 6.92 Å². The third-order valence-corrected chi connectivity index (χ3v) is 5.24. The van der Waals surface area contributed by atoms with Gasteiger partial charge in [-0.25, -0.2) is 4.79 Å². The Bertz CT molecular complexity index is 1090. The van der Waals surface area contributed by atoms with Crippen LogP contribution in [0.15, 0.2) is 82.2 Å². The second kappa shape index (κ2) is 10.3. The summed E-state index contributed by atoms with van der Waals surface area (Å²) in [6, 6.07) is 17.9. The molecule has 8 nitrogen and oxygen atoms in total. The molecule has 0 aliphatic heterocycles. The second-order valence-electron chi connectivity index (χ2n) is 6.41. The Morgan fingerprint density at radius 1 is 1.03 bits per heavy atom. The van der Waals surface area contributed by atoms with Crippen LogP contribution >= 0.6 is 11.8 Å². The zero-order valence-electron chi connectivity index (χ0n) is 16.4. The number of carbonyl (C=O) groups excluding carboxylic acids is 2. The van der Waals surface area contributed by atoms with Crippen molar-refractivity contribution in [2.75, 3.05) is 10.6 Å². The van der Waals surface area contributed by atoms with E-state index < -0.39 is 17.1 Å². The summed E-state index contributed by atoms with van der Waals surface area (Å²) in [5.41, 5.74) is 1.32. The van der Waals surface area contributed by atoms with Crippen LogP contribution in [-0.4, -0.2) is 28.0 Å². The Morgan fingerprint density at radius 2 is 1.74 bits per heavy atom. The molecule has 3 N–H and O–H groups in total. The van der Waals surface area contributed by atoms with Gasteiger partial charge < -0.3 is 20.3 Å². The number of benzene rings is 2. The van der Waals surface area contributed by atoms with Crippen LogP contribution in [0.3, 0.4) is 0 Å². The zero-order valence-corrected chi connectivity index (χ0v) is 17.3. The summed E-state index contributed by atoms with van der Waals surface area (Å²) >= 11 is 1.34. The van der Waals surface area contributed by atoms with Crippen molar-refractivity contribution in [2.45, 2.75) is 17.1 Å². The van der Waals surface area contributed by atoms with Crippen LogP contribution in [0.4, 0.5) is 11.5 Å². The maximum atomic E-state index is 12.9. The van der Waals surface area contributed by atoms with Gasteiger partial charge in [-0.1, -0.05) is 35.5 Å². The largest absolute Gasteiger partial charge is 0.478 e. The minimum Gasteiger partial charge on any atom is -0.478 e. The van der Waals surface area contributed by atoms with Crippen LogP contribution in [0.5, 0.6) is 0 Å². The molecule has 0 saturated heterocycles. The Kier molecular flexibility index (Phi) is 7.23. The van der Waals surface area contributed by atoms with Gasteiger partial charge in [0.2, 0.25) is 11.8 Å². The first-order chi connectivity index (χ1) is 14.9. The third kappa shape index (κ3) is 6.58. The lowest BCUT2D eigenvalue weighted by Crippen LogP contribution is -2.19. The molecule has 3 rings (SSSR count). The molecule has 1 atom stereocenters. The fourth-order valence-corrected chi connectivity index (χ4v) is 3.63. The average molecular weight is 437 g/mol. The van der Waals surface area contributed by atoms with Crippen molar-refractivity contribution in [3.63, 3.8) is 0 Å². The molecule has 0 radical (unpaired) electrons. The molecule has 0 aliphatic carbocycles. The number of carboxylic acid groups (broad SMARTS) is 1. The van der Waals surface area contributed by atoms with Crippen molar-refractivity contribution in [3.05, 3.63) is 84.1 Å². The van der Waals surface area contributed by atoms with Crippen molar-refractivity contribution in [1.29, 1.82) is 0 Å². The van der Waals surface area contributed by atoms with E-state index in [-0.39, 0.29) is 5.91 Å². The summed E-state index contributed by atoms with van der Waals surface area (Å²) in [6.45, 7) is 1.74. The van der Waals surface area contributed by atoms with Crippen molar-refractivity contribution < 1.29 is 24.0 Å². The molecule has 2 amide bonds. The van der Waals surface area contributed by atoms with E-state index in [0.717, 1.165) is 22.6 Å². The first-order valence-corrected chi connectivity index (χ1v) is 10.1. The highest BCUT2D eigenvalue weighted by atomic mass is 32.2. The molecule has 0 bridgehead atoms. The van der Waals surface area contributed by atoms with Crippen molar-refractivity contribution in [2.24, 2.45) is 0 Å². The highest BCUT2D eigenvalue weighted by molar-refractivity contribution is 8.00. The molecule has 0 saturated carbocycles. The third-order valence-electron chi connectivity index (χ3n) is 3.97. The minimum absolute atomic E-state index is 0.249. The molecular weight excluding hydrogens is 418 g/mol. The van der Waals surface area contributed by atoms with Crippen molar-refractivity contribution >= 4 is 41.1 Å². The van der Waals surface area contributed by atoms with E-state index in [1.807, 2.05) is 30.3 Å². The highest BCUT2D eigenvalue weighted by Gasteiger charge is 2.23. The number of thioether (sulfide) groups is 1. The van der Waals surface area contributed by atoms with E-state index in [1.54, 1.807) is 37.3 Å². The fourth-order valence-electron chi connectivity index (χ4n) is 2.60. The maximum absolute atomic E-state index is 12.9. The summed E-state index contributed by atoms with van der Waals surface area (Å²) in [5.74, 6) is -1.06. The number of amides is 2. The summed E-state index contributed by atoms with van der Waals surface area (Å²) in [5, 5.41) is 17.2. The standard InChI is InChI=1S/C22H19N3O5S/c1-14-13-18(25-30-14)24-22(29)21(15-5-3-2-4-6-15)31-17-9-7-16(8-10-17)23-19(26)11-12-20(27)28/h2-13,21H,1H3,(H,23,26)(H,27,28)(H,24,25,29)/b12-11+. The van der Waals surface area contributed by atoms with Gasteiger partial charge in [0.05, 0.1) is 0 Å². The first kappa shape index (κ1) is 21.8. The summed E-state index contributed by atoms with van der Waals surface area (Å²) in [7, 11) is 0. The number of aromatic nitrogens is 1. The minimum atomic E-state index is -1.20. The Labute approximate surface area is 182 Å². The van der Waals surface area contributed by atoms with Crippen LogP contribution in [0.25, 0.3) is 0 Å². The van der Waals surface area contributed by atoms with Gasteiger partial charge in [-0.05, 0) is 36.8 Å². The van der Waals surface area contributed by atoms with Gasteiger partial charge in [-0.3, -0.25) is 9.59 Å². The molecule has 0 aliphatic rings. The molecule has 1 heterocycles. The molecule has 9 heteroatoms. The van der Waals surface area contributed by atoms with E-state index >= 15 is 0 Å². The number of anilines is 2. The van der Waals surface area contributed by atoms with E-state index in [9.17, 15) is 14.4 Å². The van der Waals surface area contributed by atoms with Gasteiger partial charge in [-0.2, -0.15) is 0 Å². The van der Waals surface area contributed by atoms with Crippen LogP contribution in [0.2, 0.25) is 0 Å². The number of carbonyl (C=O) groups is 3. The molecule has 1 unspecified atom stereocenters. The Morgan fingerprint density at radius 3 is 2.35 bits per heavy atom. The number of rotatable bonds is 8. The molecule has 1 aromatic heterocycles. The van der Waals surface area contributed by atoms with Gasteiger partial charge in [0.1, 0.15) is 11.0 Å². The monoisotopic (exact) mass is 437 g/mol. The Balaban J connectivity index is 1.72. The molecule has 2 aromatic carbocycles. The fraction of sp³-hybridized carbons (Fsp3) is 0.0909. The molecule has 158 valence electrons. The number of aliphatic carboxylic acids is 1. The van der Waals surface area contributed by atoms with Crippen molar-refractivity contribution in [1.82, 2.24) is 5.16 Å². The van der Waals surface area contributed by atoms with Crippen LogP contribution in [0.1, 0.15) is 16.6 Å². The number of nitrogens with zero attached hydrogens (tertiary/aromatic N) is 1. The van der Waals surface area contributed by atoms with E-state index in [0.29, 0.717) is 17.3 Å². The molecule has 0 spiro atoms. The van der Waals surface area contributed by atoms with Crippen LogP contribution < -0.4 is 10.6 Å². The number of hydrogen-bond donors (Lipinski definition) is 3. The van der Waals surface area contributed by atoms with Gasteiger partial charge in [0.25, 0.3) is 0 Å². The molecule has 0 fully saturated rings. The first-order valence-electron chi connectivity index (χ1n) is 9.18. The lowest BCUT2D eigenvalue weighted by atomic mass is 10.1. The van der Waals surface area contributed by atoms with E-state index in [4.69, 9.17) is 9.63 Å². The van der Waals surface area contributed by atoms with Gasteiger partial charge >= 0.3 is 5.97 Å². The predicted molar refractivity (Wildman–Crippen MR) is 117 cm³/mol. The van der Waals surface area contributed by atoms with Crippen LogP contribution in [-0.2, 0) is 14.4 Å². The van der Waals surface area contributed by atoms with E-state index in [1.165, 1.54) is 11.8 Å². The second-order valence-corrected chi connectivity index (χ2v) is 7.58. The summed E-state index contributed by atoms with van der Waals surface area (Å²) < 4.78 is 5.00. The van der Waals surface area contributed by atoms with E-state index in [2.05, 4.69) is 15.8 Å². The zero-order chi connectivity index (χ0) is 22.2. The summed E-state index contributed by atoms with van der Waals surface area (Å²) in [6.07, 6.45) is 1.70. The van der Waals surface area contributed by atoms with Gasteiger partial charge in [-0.15, -0.1) is 11.8 Å². The average Bonchev–Trinajstić information content (AvgIpc) is 3.16. The number of hydrogen-bond acceptors (Lipinski definition) is 6. The lowest BCUT2D eigenvalue weighted by Gasteiger charge is -2.16. The SMILES string of the molecule is Cc1cc(NC(=O)C(Sc2ccc(NC(=O)/C=C/C(=O)O)cc2)c2ccccc2)no1. The molecular formula is C22H19N3O5S. The summed E-state index contributed by atoms with van der Waals surface area (Å²) in [4.78, 5) is 35.9.